The summed E-state index contributed by atoms with van der Waals surface area (Å²) < 4.78 is 62.5. The lowest BCUT2D eigenvalue weighted by molar-refractivity contribution is -0.137. The molecule has 0 saturated carbocycles. The number of alkyl halides is 3. The van der Waals surface area contributed by atoms with Gasteiger partial charge in [-0.25, -0.2) is 12.7 Å². The summed E-state index contributed by atoms with van der Waals surface area (Å²) in [5, 5.41) is 0. The fourth-order valence-corrected chi connectivity index (χ4v) is 3.31. The Hall–Kier alpha value is -1.61. The number of rotatable bonds is 2. The molecule has 0 atom stereocenters. The number of amides is 1. The van der Waals surface area contributed by atoms with Gasteiger partial charge in [0, 0.05) is 31.7 Å². The zero-order valence-electron chi connectivity index (χ0n) is 12.5. The summed E-state index contributed by atoms with van der Waals surface area (Å²) in [6.07, 6.45) is -2.97. The number of carbonyl (C=O) groups excluding carboxylic acids is 1. The van der Waals surface area contributed by atoms with Gasteiger partial charge in [0.05, 0.1) is 11.8 Å². The number of benzene rings is 1. The molecule has 1 fully saturated rings. The van der Waals surface area contributed by atoms with E-state index in [4.69, 9.17) is 0 Å². The first-order valence-electron chi connectivity index (χ1n) is 7.01. The maximum atomic E-state index is 12.7. The van der Waals surface area contributed by atoms with Crippen LogP contribution in [0.15, 0.2) is 24.3 Å². The van der Waals surface area contributed by atoms with Gasteiger partial charge < -0.3 is 4.90 Å². The van der Waals surface area contributed by atoms with Gasteiger partial charge in [-0.2, -0.15) is 13.2 Å². The van der Waals surface area contributed by atoms with Gasteiger partial charge in [0.2, 0.25) is 10.0 Å². The monoisotopic (exact) mass is 350 g/mol. The molecule has 1 aromatic carbocycles. The van der Waals surface area contributed by atoms with Crippen LogP contribution in [-0.4, -0.2) is 56.0 Å². The summed E-state index contributed by atoms with van der Waals surface area (Å²) in [7, 11) is -3.34. The zero-order chi connectivity index (χ0) is 17.3. The Morgan fingerprint density at radius 2 is 1.83 bits per heavy atom. The molecule has 1 saturated heterocycles. The topological polar surface area (TPSA) is 57.7 Å². The standard InChI is InChI=1S/C14H17F3N2O3S/c1-23(21,22)19-7-3-6-18(8-9-19)13(20)11-4-2-5-12(10-11)14(15,16)17/h2,4-5,10H,3,6-9H2,1H3. The lowest BCUT2D eigenvalue weighted by Crippen LogP contribution is -2.37. The van der Waals surface area contributed by atoms with Crippen molar-refractivity contribution in [1.29, 1.82) is 0 Å². The molecule has 2 rings (SSSR count). The molecule has 1 aliphatic rings. The Bertz CT molecular complexity index is 689. The van der Waals surface area contributed by atoms with Gasteiger partial charge in [0.25, 0.3) is 5.91 Å². The Kier molecular flexibility index (Phi) is 5.00. The van der Waals surface area contributed by atoms with Crippen LogP contribution in [0.3, 0.4) is 0 Å². The van der Waals surface area contributed by atoms with E-state index in [1.807, 2.05) is 0 Å². The predicted octanol–water partition coefficient (Wildman–Crippen LogP) is 1.81. The van der Waals surface area contributed by atoms with E-state index < -0.39 is 27.7 Å². The molecule has 23 heavy (non-hydrogen) atoms. The first-order chi connectivity index (χ1) is 10.6. The highest BCUT2D eigenvalue weighted by Crippen LogP contribution is 2.29. The highest BCUT2D eigenvalue weighted by Gasteiger charge is 2.31. The Morgan fingerprint density at radius 3 is 2.43 bits per heavy atom. The summed E-state index contributed by atoms with van der Waals surface area (Å²) in [4.78, 5) is 13.8. The number of hydrogen-bond acceptors (Lipinski definition) is 3. The molecule has 1 aromatic rings. The second kappa shape index (κ2) is 6.48. The Morgan fingerprint density at radius 1 is 1.13 bits per heavy atom. The first-order valence-corrected chi connectivity index (χ1v) is 8.85. The lowest BCUT2D eigenvalue weighted by Gasteiger charge is -2.21. The van der Waals surface area contributed by atoms with Crippen LogP contribution in [0.4, 0.5) is 13.2 Å². The molecule has 0 radical (unpaired) electrons. The summed E-state index contributed by atoms with van der Waals surface area (Å²) in [6.45, 7) is 0.901. The average Bonchev–Trinajstić information content (AvgIpc) is 2.71. The quantitative estimate of drug-likeness (QED) is 0.817. The van der Waals surface area contributed by atoms with E-state index in [-0.39, 0.29) is 18.7 Å². The molecule has 0 N–H and O–H groups in total. The number of sulfonamides is 1. The minimum Gasteiger partial charge on any atom is -0.337 e. The minimum atomic E-state index is -4.51. The van der Waals surface area contributed by atoms with Gasteiger partial charge in [-0.3, -0.25) is 4.79 Å². The maximum absolute atomic E-state index is 12.7. The SMILES string of the molecule is CS(=O)(=O)N1CCCN(C(=O)c2cccc(C(F)(F)F)c2)CC1. The summed E-state index contributed by atoms with van der Waals surface area (Å²) in [6, 6.07) is 4.25. The van der Waals surface area contributed by atoms with E-state index in [9.17, 15) is 26.4 Å². The molecule has 5 nitrogen and oxygen atoms in total. The van der Waals surface area contributed by atoms with Gasteiger partial charge >= 0.3 is 6.18 Å². The van der Waals surface area contributed by atoms with E-state index in [1.54, 1.807) is 0 Å². The molecular formula is C14H17F3N2O3S. The van der Waals surface area contributed by atoms with Gasteiger partial charge in [-0.15, -0.1) is 0 Å². The van der Waals surface area contributed by atoms with Gasteiger partial charge in [0.1, 0.15) is 0 Å². The van der Waals surface area contributed by atoms with Crippen LogP contribution in [0.2, 0.25) is 0 Å². The van der Waals surface area contributed by atoms with E-state index in [0.29, 0.717) is 19.5 Å². The van der Waals surface area contributed by atoms with Crippen molar-refractivity contribution in [3.63, 3.8) is 0 Å². The van der Waals surface area contributed by atoms with Crippen LogP contribution in [0, 0.1) is 0 Å². The van der Waals surface area contributed by atoms with Crippen molar-refractivity contribution in [2.24, 2.45) is 0 Å². The van der Waals surface area contributed by atoms with Crippen LogP contribution >= 0.6 is 0 Å². The first kappa shape index (κ1) is 17.7. The molecule has 9 heteroatoms. The van der Waals surface area contributed by atoms with E-state index in [2.05, 4.69) is 0 Å². The largest absolute Gasteiger partial charge is 0.416 e. The predicted molar refractivity (Wildman–Crippen MR) is 78.4 cm³/mol. The molecule has 0 aromatic heterocycles. The number of nitrogens with zero attached hydrogens (tertiary/aromatic N) is 2. The van der Waals surface area contributed by atoms with E-state index in [0.717, 1.165) is 18.4 Å². The third-order valence-corrected chi connectivity index (χ3v) is 4.95. The average molecular weight is 350 g/mol. The van der Waals surface area contributed by atoms with Crippen molar-refractivity contribution in [1.82, 2.24) is 9.21 Å². The van der Waals surface area contributed by atoms with Gasteiger partial charge in [-0.05, 0) is 24.6 Å². The Labute approximate surface area is 132 Å². The normalized spacial score (nSPS) is 17.8. The smallest absolute Gasteiger partial charge is 0.337 e. The van der Waals surface area contributed by atoms with E-state index >= 15 is 0 Å². The van der Waals surface area contributed by atoms with Crippen molar-refractivity contribution < 1.29 is 26.4 Å². The third kappa shape index (κ3) is 4.44. The van der Waals surface area contributed by atoms with Crippen molar-refractivity contribution in [2.75, 3.05) is 32.4 Å². The molecule has 0 unspecified atom stereocenters. The maximum Gasteiger partial charge on any atom is 0.416 e. The van der Waals surface area contributed by atoms with Crippen LogP contribution in [0.1, 0.15) is 22.3 Å². The molecule has 1 aliphatic heterocycles. The third-order valence-electron chi connectivity index (χ3n) is 3.65. The van der Waals surface area contributed by atoms with Gasteiger partial charge in [-0.1, -0.05) is 6.07 Å². The number of carbonyl (C=O) groups is 1. The van der Waals surface area contributed by atoms with Crippen molar-refractivity contribution in [3.8, 4) is 0 Å². The highest BCUT2D eigenvalue weighted by atomic mass is 32.2. The number of hydrogen-bond donors (Lipinski definition) is 0. The van der Waals surface area contributed by atoms with Crippen molar-refractivity contribution >= 4 is 15.9 Å². The fourth-order valence-electron chi connectivity index (χ4n) is 2.44. The molecule has 1 heterocycles. The van der Waals surface area contributed by atoms with Crippen LogP contribution in [0.25, 0.3) is 0 Å². The van der Waals surface area contributed by atoms with Crippen LogP contribution in [-0.2, 0) is 16.2 Å². The molecule has 0 spiro atoms. The fraction of sp³-hybridized carbons (Fsp3) is 0.500. The van der Waals surface area contributed by atoms with E-state index in [1.165, 1.54) is 21.3 Å². The molecule has 0 bridgehead atoms. The van der Waals surface area contributed by atoms with Crippen molar-refractivity contribution in [2.45, 2.75) is 12.6 Å². The Balaban J connectivity index is 2.15. The highest BCUT2D eigenvalue weighted by molar-refractivity contribution is 7.88. The second-order valence-corrected chi connectivity index (χ2v) is 7.37. The molecule has 128 valence electrons. The van der Waals surface area contributed by atoms with Crippen molar-refractivity contribution in [3.05, 3.63) is 35.4 Å². The minimum absolute atomic E-state index is 0.0485. The van der Waals surface area contributed by atoms with Crippen LogP contribution in [0.5, 0.6) is 0 Å². The molecular weight excluding hydrogens is 333 g/mol. The molecule has 0 aliphatic carbocycles. The van der Waals surface area contributed by atoms with Crippen LogP contribution < -0.4 is 0 Å². The number of halogens is 3. The summed E-state index contributed by atoms with van der Waals surface area (Å²) in [5.41, 5.74) is -0.927. The lowest BCUT2D eigenvalue weighted by atomic mass is 10.1. The zero-order valence-corrected chi connectivity index (χ0v) is 13.3. The molecule has 1 amide bonds. The summed E-state index contributed by atoms with van der Waals surface area (Å²) >= 11 is 0. The summed E-state index contributed by atoms with van der Waals surface area (Å²) in [5.74, 6) is -0.522. The van der Waals surface area contributed by atoms with Gasteiger partial charge in [0.15, 0.2) is 0 Å². The second-order valence-electron chi connectivity index (χ2n) is 5.39.